The summed E-state index contributed by atoms with van der Waals surface area (Å²) in [4.78, 5) is 0. The maximum atomic E-state index is 13.3. The third-order valence-electron chi connectivity index (χ3n) is 2.40. The zero-order valence-electron chi connectivity index (χ0n) is 8.58. The molecule has 1 fully saturated rings. The van der Waals surface area contributed by atoms with Gasteiger partial charge >= 0.3 is 0 Å². The number of benzene rings is 1. The van der Waals surface area contributed by atoms with Crippen molar-refractivity contribution in [2.24, 2.45) is 0 Å². The van der Waals surface area contributed by atoms with E-state index < -0.39 is 17.4 Å². The molecule has 1 atom stereocenters. The van der Waals surface area contributed by atoms with E-state index in [2.05, 4.69) is 0 Å². The molecule has 0 aliphatic carbocycles. The Morgan fingerprint density at radius 2 is 2.06 bits per heavy atom. The molecule has 0 spiro atoms. The van der Waals surface area contributed by atoms with Gasteiger partial charge in [-0.05, 0) is 25.0 Å². The van der Waals surface area contributed by atoms with Gasteiger partial charge in [0.05, 0.1) is 0 Å². The molecule has 0 amide bonds. The fraction of sp³-hybridized carbons (Fsp3) is 0.455. The maximum Gasteiger partial charge on any atom is 0.169 e. The Hall–Kier alpha value is -0.970. The van der Waals surface area contributed by atoms with Crippen LogP contribution in [0.3, 0.4) is 0 Å². The molecule has 2 rings (SSSR count). The summed E-state index contributed by atoms with van der Waals surface area (Å²) < 4.78 is 31.7. The van der Waals surface area contributed by atoms with Crippen LogP contribution >= 0.6 is 11.8 Å². The number of phenolic OH excluding ortho intramolecular Hbond substituents is 1. The zero-order chi connectivity index (χ0) is 11.5. The van der Waals surface area contributed by atoms with E-state index in [1.165, 1.54) is 0 Å². The van der Waals surface area contributed by atoms with Crippen LogP contribution in [0.1, 0.15) is 19.3 Å². The smallest absolute Gasteiger partial charge is 0.169 e. The lowest BCUT2D eigenvalue weighted by Crippen LogP contribution is -2.17. The molecule has 0 radical (unpaired) electrons. The van der Waals surface area contributed by atoms with Crippen molar-refractivity contribution in [2.75, 3.05) is 5.75 Å². The molecule has 5 heteroatoms. The van der Waals surface area contributed by atoms with Crippen LogP contribution in [0, 0.1) is 11.6 Å². The second kappa shape index (κ2) is 4.91. The Kier molecular flexibility index (Phi) is 3.53. The van der Waals surface area contributed by atoms with E-state index in [1.807, 2.05) is 0 Å². The van der Waals surface area contributed by atoms with Gasteiger partial charge in [0, 0.05) is 12.1 Å². The predicted octanol–water partition coefficient (Wildman–Crippen LogP) is 3.29. The molecule has 0 bridgehead atoms. The normalized spacial score (nSPS) is 20.8. The minimum Gasteiger partial charge on any atom is -0.505 e. The summed E-state index contributed by atoms with van der Waals surface area (Å²) in [6.07, 6.45) is 3.02. The highest BCUT2D eigenvalue weighted by molar-refractivity contribution is 7.99. The average molecular weight is 246 g/mol. The van der Waals surface area contributed by atoms with E-state index in [9.17, 15) is 8.78 Å². The Morgan fingerprint density at radius 3 is 2.75 bits per heavy atom. The lowest BCUT2D eigenvalue weighted by atomic mass is 10.2. The number of halogens is 2. The van der Waals surface area contributed by atoms with Gasteiger partial charge in [0.15, 0.2) is 23.1 Å². The largest absolute Gasteiger partial charge is 0.505 e. The summed E-state index contributed by atoms with van der Waals surface area (Å²) in [5.41, 5.74) is -0.118. The predicted molar refractivity (Wildman–Crippen MR) is 58.7 cm³/mol. The number of rotatable bonds is 2. The van der Waals surface area contributed by atoms with Crippen molar-refractivity contribution in [1.29, 1.82) is 0 Å². The molecule has 0 aromatic heterocycles. The number of hydrogen-bond acceptors (Lipinski definition) is 3. The van der Waals surface area contributed by atoms with Gasteiger partial charge in [0.2, 0.25) is 0 Å². The Balaban J connectivity index is 2.11. The first-order valence-electron chi connectivity index (χ1n) is 5.13. The monoisotopic (exact) mass is 246 g/mol. The summed E-state index contributed by atoms with van der Waals surface area (Å²) in [6, 6.07) is 1.62. The van der Waals surface area contributed by atoms with Crippen molar-refractivity contribution in [3.8, 4) is 11.5 Å². The number of aromatic hydroxyl groups is 1. The SMILES string of the molecule is Oc1cc(F)c(OC2CCCCS2)cc1F. The summed E-state index contributed by atoms with van der Waals surface area (Å²) in [7, 11) is 0. The van der Waals surface area contributed by atoms with Crippen molar-refractivity contribution in [2.45, 2.75) is 24.7 Å². The summed E-state index contributed by atoms with van der Waals surface area (Å²) in [6.45, 7) is 0. The molecule has 1 aliphatic heterocycles. The molecular weight excluding hydrogens is 234 g/mol. The molecule has 16 heavy (non-hydrogen) atoms. The van der Waals surface area contributed by atoms with Gasteiger partial charge in [0.1, 0.15) is 5.44 Å². The highest BCUT2D eigenvalue weighted by Crippen LogP contribution is 2.31. The molecule has 0 saturated carbocycles. The number of hydrogen-bond donors (Lipinski definition) is 1. The van der Waals surface area contributed by atoms with Crippen LogP contribution < -0.4 is 4.74 Å². The third-order valence-corrected chi connectivity index (χ3v) is 3.63. The Labute approximate surface area is 96.6 Å². The quantitative estimate of drug-likeness (QED) is 0.868. The summed E-state index contributed by atoms with van der Waals surface area (Å²) >= 11 is 1.60. The standard InChI is InChI=1S/C11H12F2O2S/c12-7-6-10(8(13)5-9(7)14)15-11-3-1-2-4-16-11/h5-6,11,14H,1-4H2. The van der Waals surface area contributed by atoms with E-state index in [0.717, 1.165) is 37.1 Å². The molecule has 1 saturated heterocycles. The van der Waals surface area contributed by atoms with Crippen LogP contribution in [-0.2, 0) is 0 Å². The highest BCUT2D eigenvalue weighted by Gasteiger charge is 2.18. The van der Waals surface area contributed by atoms with Crippen molar-refractivity contribution >= 4 is 11.8 Å². The first kappa shape index (κ1) is 11.5. The van der Waals surface area contributed by atoms with Crippen molar-refractivity contribution in [1.82, 2.24) is 0 Å². The topological polar surface area (TPSA) is 29.5 Å². The van der Waals surface area contributed by atoms with Crippen LogP contribution in [0.5, 0.6) is 11.5 Å². The van der Waals surface area contributed by atoms with Crippen LogP contribution in [-0.4, -0.2) is 16.3 Å². The molecule has 1 aromatic carbocycles. The maximum absolute atomic E-state index is 13.3. The van der Waals surface area contributed by atoms with Gasteiger partial charge in [-0.15, -0.1) is 11.8 Å². The molecular formula is C11H12F2O2S. The Morgan fingerprint density at radius 1 is 1.25 bits per heavy atom. The van der Waals surface area contributed by atoms with Crippen LogP contribution in [0.25, 0.3) is 0 Å². The van der Waals surface area contributed by atoms with E-state index in [-0.39, 0.29) is 11.2 Å². The number of phenols is 1. The zero-order valence-corrected chi connectivity index (χ0v) is 9.40. The molecule has 1 aliphatic rings. The van der Waals surface area contributed by atoms with Gasteiger partial charge in [-0.2, -0.15) is 0 Å². The first-order chi connectivity index (χ1) is 7.66. The lowest BCUT2D eigenvalue weighted by Gasteiger charge is -2.22. The van der Waals surface area contributed by atoms with E-state index in [0.29, 0.717) is 0 Å². The summed E-state index contributed by atoms with van der Waals surface area (Å²) in [5, 5.41) is 8.95. The van der Waals surface area contributed by atoms with Crippen molar-refractivity contribution in [3.63, 3.8) is 0 Å². The second-order valence-electron chi connectivity index (χ2n) is 3.65. The fourth-order valence-corrected chi connectivity index (χ4v) is 2.69. The number of ether oxygens (including phenoxy) is 1. The van der Waals surface area contributed by atoms with Gasteiger partial charge in [-0.1, -0.05) is 0 Å². The van der Waals surface area contributed by atoms with E-state index in [4.69, 9.17) is 9.84 Å². The van der Waals surface area contributed by atoms with Crippen LogP contribution in [0.4, 0.5) is 8.78 Å². The minimum absolute atomic E-state index is 0.118. The lowest BCUT2D eigenvalue weighted by molar-refractivity contribution is 0.253. The van der Waals surface area contributed by atoms with Gasteiger partial charge in [0.25, 0.3) is 0 Å². The van der Waals surface area contributed by atoms with Crippen LogP contribution in [0.2, 0.25) is 0 Å². The number of thioether (sulfide) groups is 1. The molecule has 1 N–H and O–H groups in total. The van der Waals surface area contributed by atoms with E-state index in [1.54, 1.807) is 11.8 Å². The van der Waals surface area contributed by atoms with Gasteiger partial charge in [-0.25, -0.2) is 8.78 Å². The summed E-state index contributed by atoms with van der Waals surface area (Å²) in [5.74, 6) is -1.44. The highest BCUT2D eigenvalue weighted by atomic mass is 32.2. The van der Waals surface area contributed by atoms with Crippen molar-refractivity contribution in [3.05, 3.63) is 23.8 Å². The third kappa shape index (κ3) is 2.58. The Bertz CT molecular complexity index is 378. The van der Waals surface area contributed by atoms with Gasteiger partial charge in [-0.3, -0.25) is 0 Å². The van der Waals surface area contributed by atoms with Gasteiger partial charge < -0.3 is 9.84 Å². The molecule has 1 unspecified atom stereocenters. The van der Waals surface area contributed by atoms with E-state index >= 15 is 0 Å². The first-order valence-corrected chi connectivity index (χ1v) is 6.18. The minimum atomic E-state index is -0.864. The van der Waals surface area contributed by atoms with Crippen molar-refractivity contribution < 1.29 is 18.6 Å². The van der Waals surface area contributed by atoms with Crippen LogP contribution in [0.15, 0.2) is 12.1 Å². The fourth-order valence-electron chi connectivity index (χ4n) is 1.55. The molecule has 1 heterocycles. The molecule has 1 aromatic rings. The average Bonchev–Trinajstić information content (AvgIpc) is 2.27. The second-order valence-corrected chi connectivity index (χ2v) is 4.92. The molecule has 88 valence electrons. The molecule has 2 nitrogen and oxygen atoms in total.